The molecule has 2 aromatic rings. The van der Waals surface area contributed by atoms with E-state index in [9.17, 15) is 9.59 Å². The van der Waals surface area contributed by atoms with E-state index in [0.29, 0.717) is 22.0 Å². The number of carbonyl (C=O) groups excluding carboxylic acids is 2. The quantitative estimate of drug-likeness (QED) is 0.311. The summed E-state index contributed by atoms with van der Waals surface area (Å²) in [6, 6.07) is 8.47. The lowest BCUT2D eigenvalue weighted by Gasteiger charge is -2.15. The van der Waals surface area contributed by atoms with E-state index in [0.717, 1.165) is 12.1 Å². The van der Waals surface area contributed by atoms with Crippen LogP contribution in [0.5, 0.6) is 5.75 Å². The molecule has 1 N–H and O–H groups in total. The Morgan fingerprint density at radius 2 is 1.85 bits per heavy atom. The van der Waals surface area contributed by atoms with Crippen molar-refractivity contribution < 1.29 is 14.3 Å². The van der Waals surface area contributed by atoms with E-state index in [1.54, 1.807) is 19.2 Å². The maximum atomic E-state index is 12.7. The highest BCUT2D eigenvalue weighted by molar-refractivity contribution is 14.1. The number of amides is 2. The molecular formula is C17H10Cl2I2N2O3. The number of rotatable bonds is 3. The van der Waals surface area contributed by atoms with Gasteiger partial charge in [-0.05, 0) is 81.6 Å². The van der Waals surface area contributed by atoms with E-state index in [4.69, 9.17) is 27.9 Å². The van der Waals surface area contributed by atoms with Crippen molar-refractivity contribution in [2.75, 3.05) is 12.1 Å². The number of carbonyl (C=O) groups is 2. The summed E-state index contributed by atoms with van der Waals surface area (Å²) in [5.41, 5.74) is 3.61. The predicted molar refractivity (Wildman–Crippen MR) is 118 cm³/mol. The van der Waals surface area contributed by atoms with Crippen LogP contribution >= 0.6 is 68.4 Å². The van der Waals surface area contributed by atoms with Gasteiger partial charge in [0.25, 0.3) is 11.8 Å². The molecule has 0 unspecified atom stereocenters. The lowest BCUT2D eigenvalue weighted by Crippen LogP contribution is -2.35. The third-order valence-electron chi connectivity index (χ3n) is 3.59. The van der Waals surface area contributed by atoms with Gasteiger partial charge in [-0.25, -0.2) is 5.01 Å². The molecule has 26 heavy (non-hydrogen) atoms. The lowest BCUT2D eigenvalue weighted by atomic mass is 10.1. The molecule has 0 spiro atoms. The first kappa shape index (κ1) is 19.7. The van der Waals surface area contributed by atoms with Crippen molar-refractivity contribution in [2.24, 2.45) is 0 Å². The van der Waals surface area contributed by atoms with Crippen molar-refractivity contribution in [3.8, 4) is 5.75 Å². The van der Waals surface area contributed by atoms with E-state index in [-0.39, 0.29) is 10.6 Å². The number of ether oxygens (including phenoxy) is 1. The van der Waals surface area contributed by atoms with E-state index in [1.807, 2.05) is 12.1 Å². The summed E-state index contributed by atoms with van der Waals surface area (Å²) in [5.74, 6) is -0.381. The molecule has 5 nitrogen and oxygen atoms in total. The Morgan fingerprint density at radius 1 is 1.12 bits per heavy atom. The summed E-state index contributed by atoms with van der Waals surface area (Å²) >= 11 is 16.2. The Bertz CT molecular complexity index is 963. The molecule has 0 saturated carbocycles. The SMILES string of the molecule is COc1c(I)cc(I)cc1C=C1C(=O)NN(c2ccc(Cl)c(Cl)c2)C1=O. The van der Waals surface area contributed by atoms with Crippen LogP contribution in [-0.4, -0.2) is 18.9 Å². The van der Waals surface area contributed by atoms with Gasteiger partial charge >= 0.3 is 0 Å². The van der Waals surface area contributed by atoms with E-state index in [2.05, 4.69) is 50.6 Å². The predicted octanol–water partition coefficient (Wildman–Crippen LogP) is 4.67. The first-order chi connectivity index (χ1) is 12.3. The third-order valence-corrected chi connectivity index (χ3v) is 5.76. The molecule has 134 valence electrons. The second-order valence-corrected chi connectivity index (χ2v) is 8.47. The monoisotopic (exact) mass is 614 g/mol. The summed E-state index contributed by atoms with van der Waals surface area (Å²) in [5, 5.41) is 1.79. The molecule has 0 aromatic heterocycles. The Hall–Kier alpha value is -1.04. The Kier molecular flexibility index (Phi) is 6.00. The average Bonchev–Trinajstić information content (AvgIpc) is 2.85. The number of hydrogen-bond acceptors (Lipinski definition) is 3. The normalized spacial score (nSPS) is 15.6. The van der Waals surface area contributed by atoms with Crippen LogP contribution in [0.15, 0.2) is 35.9 Å². The fourth-order valence-corrected chi connectivity index (χ4v) is 4.82. The Balaban J connectivity index is 2.02. The van der Waals surface area contributed by atoms with E-state index in [1.165, 1.54) is 12.1 Å². The zero-order valence-corrected chi connectivity index (χ0v) is 19.0. The Morgan fingerprint density at radius 3 is 2.50 bits per heavy atom. The highest BCUT2D eigenvalue weighted by Crippen LogP contribution is 2.32. The van der Waals surface area contributed by atoms with E-state index < -0.39 is 11.8 Å². The largest absolute Gasteiger partial charge is 0.495 e. The Labute approximate surface area is 186 Å². The number of halogens is 4. The topological polar surface area (TPSA) is 58.6 Å². The van der Waals surface area contributed by atoms with Crippen LogP contribution in [0.4, 0.5) is 5.69 Å². The van der Waals surface area contributed by atoms with Gasteiger partial charge in [-0.1, -0.05) is 23.2 Å². The fraction of sp³-hybridized carbons (Fsp3) is 0.0588. The van der Waals surface area contributed by atoms with Gasteiger partial charge in [0.15, 0.2) is 0 Å². The molecule has 1 aliphatic rings. The van der Waals surface area contributed by atoms with Crippen LogP contribution in [0.1, 0.15) is 5.56 Å². The fourth-order valence-electron chi connectivity index (χ4n) is 2.42. The van der Waals surface area contributed by atoms with Crippen molar-refractivity contribution in [3.63, 3.8) is 0 Å². The molecule has 2 amide bonds. The van der Waals surface area contributed by atoms with Crippen LogP contribution in [0.2, 0.25) is 10.0 Å². The van der Waals surface area contributed by atoms with Crippen molar-refractivity contribution in [3.05, 3.63) is 58.7 Å². The van der Waals surface area contributed by atoms with E-state index >= 15 is 0 Å². The molecule has 0 aliphatic carbocycles. The summed E-state index contributed by atoms with van der Waals surface area (Å²) in [4.78, 5) is 25.1. The number of nitrogens with zero attached hydrogens (tertiary/aromatic N) is 1. The molecule has 0 bridgehead atoms. The number of hydrogen-bond donors (Lipinski definition) is 1. The van der Waals surface area contributed by atoms with Gasteiger partial charge in [0.05, 0.1) is 26.4 Å². The minimum absolute atomic E-state index is 0.00664. The third kappa shape index (κ3) is 3.80. The molecular weight excluding hydrogens is 605 g/mol. The molecule has 3 rings (SSSR count). The zero-order valence-electron chi connectivity index (χ0n) is 13.1. The zero-order chi connectivity index (χ0) is 19.0. The summed E-state index contributed by atoms with van der Waals surface area (Å²) in [7, 11) is 1.55. The van der Waals surface area contributed by atoms with Crippen molar-refractivity contribution in [2.45, 2.75) is 0 Å². The van der Waals surface area contributed by atoms with Gasteiger partial charge in [-0.3, -0.25) is 15.0 Å². The van der Waals surface area contributed by atoms with Gasteiger partial charge < -0.3 is 4.74 Å². The number of hydrazine groups is 1. The number of methoxy groups -OCH3 is 1. The van der Waals surface area contributed by atoms with Gasteiger partial charge in [0, 0.05) is 9.13 Å². The molecule has 0 atom stereocenters. The van der Waals surface area contributed by atoms with Gasteiger partial charge in [0.2, 0.25) is 0 Å². The second-order valence-electron chi connectivity index (χ2n) is 5.25. The summed E-state index contributed by atoms with van der Waals surface area (Å²) in [6.45, 7) is 0. The molecule has 1 aliphatic heterocycles. The molecule has 1 saturated heterocycles. The minimum Gasteiger partial charge on any atom is -0.495 e. The van der Waals surface area contributed by atoms with Crippen molar-refractivity contribution >= 4 is 92.0 Å². The first-order valence-electron chi connectivity index (χ1n) is 7.17. The minimum atomic E-state index is -0.503. The lowest BCUT2D eigenvalue weighted by molar-refractivity contribution is -0.117. The summed E-state index contributed by atoms with van der Waals surface area (Å²) < 4.78 is 7.26. The van der Waals surface area contributed by atoms with Gasteiger partial charge in [-0.2, -0.15) is 0 Å². The smallest absolute Gasteiger partial charge is 0.282 e. The molecule has 9 heteroatoms. The highest BCUT2D eigenvalue weighted by Gasteiger charge is 2.35. The van der Waals surface area contributed by atoms with Crippen LogP contribution in [0.3, 0.4) is 0 Å². The van der Waals surface area contributed by atoms with Crippen LogP contribution in [0, 0.1) is 7.14 Å². The van der Waals surface area contributed by atoms with Gasteiger partial charge in [0.1, 0.15) is 11.3 Å². The molecule has 2 aromatic carbocycles. The maximum absolute atomic E-state index is 12.7. The second kappa shape index (κ2) is 7.91. The molecule has 1 heterocycles. The maximum Gasteiger partial charge on any atom is 0.282 e. The van der Waals surface area contributed by atoms with Gasteiger partial charge in [-0.15, -0.1) is 0 Å². The first-order valence-corrected chi connectivity index (χ1v) is 10.1. The highest BCUT2D eigenvalue weighted by atomic mass is 127. The molecule has 1 fully saturated rings. The number of benzene rings is 2. The number of anilines is 1. The van der Waals surface area contributed by atoms with Crippen molar-refractivity contribution in [1.29, 1.82) is 0 Å². The molecule has 0 radical (unpaired) electrons. The standard InChI is InChI=1S/C17H10Cl2I2N2O3/c1-26-15-8(4-9(20)6-14(15)21)5-11-16(24)22-23(17(11)25)10-2-3-12(18)13(19)7-10/h2-7H,1H3,(H,22,24). The van der Waals surface area contributed by atoms with Crippen LogP contribution < -0.4 is 15.2 Å². The number of nitrogens with one attached hydrogen (secondary N) is 1. The summed E-state index contributed by atoms with van der Waals surface area (Å²) in [6.07, 6.45) is 1.53. The van der Waals surface area contributed by atoms with Crippen LogP contribution in [0.25, 0.3) is 6.08 Å². The average molecular weight is 615 g/mol. The van der Waals surface area contributed by atoms with Crippen molar-refractivity contribution in [1.82, 2.24) is 5.43 Å². The van der Waals surface area contributed by atoms with Crippen LogP contribution in [-0.2, 0) is 9.59 Å².